The molecule has 3 rings (SSSR count). The number of hydrogen-bond acceptors (Lipinski definition) is 3. The monoisotopic (exact) mass is 246 g/mol. The van der Waals surface area contributed by atoms with Crippen LogP contribution >= 0.6 is 11.6 Å². The van der Waals surface area contributed by atoms with Crippen LogP contribution in [0.5, 0.6) is 0 Å². The summed E-state index contributed by atoms with van der Waals surface area (Å²) in [6.45, 7) is 4.08. The van der Waals surface area contributed by atoms with Crippen molar-refractivity contribution in [1.29, 1.82) is 0 Å². The van der Waals surface area contributed by atoms with Crippen molar-refractivity contribution in [3.63, 3.8) is 0 Å². The predicted molar refractivity (Wildman–Crippen MR) is 68.4 cm³/mol. The fraction of sp³-hybridized carbons (Fsp3) is 0.231. The number of aromatic nitrogens is 2. The number of para-hydroxylation sites is 1. The van der Waals surface area contributed by atoms with Gasteiger partial charge in [0.05, 0.1) is 0 Å². The van der Waals surface area contributed by atoms with Crippen LogP contribution in [0.3, 0.4) is 0 Å². The van der Waals surface area contributed by atoms with Gasteiger partial charge in [0.2, 0.25) is 0 Å². The quantitative estimate of drug-likeness (QED) is 0.606. The molecule has 17 heavy (non-hydrogen) atoms. The third-order valence-corrected chi connectivity index (χ3v) is 2.97. The smallest absolute Gasteiger partial charge is 0.191 e. The van der Waals surface area contributed by atoms with Gasteiger partial charge in [-0.1, -0.05) is 37.6 Å². The number of nitrogens with zero attached hydrogens (tertiary/aromatic N) is 2. The molecule has 0 aliphatic heterocycles. The van der Waals surface area contributed by atoms with E-state index in [1.165, 1.54) is 0 Å². The molecule has 0 unspecified atom stereocenters. The Morgan fingerprint density at radius 3 is 2.71 bits per heavy atom. The zero-order chi connectivity index (χ0) is 12.0. The summed E-state index contributed by atoms with van der Waals surface area (Å²) in [6.07, 6.45) is 0. The normalized spacial score (nSPS) is 11.8. The molecule has 0 atom stereocenters. The first-order chi connectivity index (χ1) is 8.16. The second-order valence-corrected chi connectivity index (χ2v) is 4.66. The molecule has 0 aliphatic rings. The Morgan fingerprint density at radius 1 is 1.18 bits per heavy atom. The number of halogens is 1. The zero-order valence-corrected chi connectivity index (χ0v) is 10.3. The Balaban J connectivity index is 2.46. The molecule has 0 aliphatic carbocycles. The van der Waals surface area contributed by atoms with Crippen molar-refractivity contribution >= 4 is 33.7 Å². The van der Waals surface area contributed by atoms with E-state index in [9.17, 15) is 0 Å². The maximum absolute atomic E-state index is 6.13. The van der Waals surface area contributed by atoms with Crippen molar-refractivity contribution in [2.75, 3.05) is 0 Å². The van der Waals surface area contributed by atoms with Crippen LogP contribution in [0.15, 0.2) is 28.7 Å². The van der Waals surface area contributed by atoms with Crippen molar-refractivity contribution in [2.45, 2.75) is 19.8 Å². The summed E-state index contributed by atoms with van der Waals surface area (Å²) >= 11 is 6.13. The molecule has 3 aromatic rings. The van der Waals surface area contributed by atoms with Gasteiger partial charge in [-0.25, -0.2) is 9.97 Å². The molecule has 0 amide bonds. The van der Waals surface area contributed by atoms with Gasteiger partial charge in [-0.05, 0) is 12.1 Å². The van der Waals surface area contributed by atoms with E-state index in [1.807, 2.05) is 38.1 Å². The number of furan rings is 1. The molecule has 0 radical (unpaired) electrons. The third-order valence-electron chi connectivity index (χ3n) is 2.71. The summed E-state index contributed by atoms with van der Waals surface area (Å²) in [5.74, 6) is 0.986. The molecule has 2 heterocycles. The molecule has 1 aromatic carbocycles. The lowest BCUT2D eigenvalue weighted by atomic mass is 10.2. The minimum atomic E-state index is 0.241. The average Bonchev–Trinajstić information content (AvgIpc) is 2.68. The van der Waals surface area contributed by atoms with Crippen molar-refractivity contribution in [2.24, 2.45) is 0 Å². The third kappa shape index (κ3) is 1.58. The second kappa shape index (κ2) is 3.70. The molecule has 0 N–H and O–H groups in total. The van der Waals surface area contributed by atoms with E-state index in [1.54, 1.807) is 0 Å². The summed E-state index contributed by atoms with van der Waals surface area (Å²) in [5.41, 5.74) is 2.15. The largest absolute Gasteiger partial charge is 0.451 e. The zero-order valence-electron chi connectivity index (χ0n) is 9.57. The lowest BCUT2D eigenvalue weighted by Gasteiger charge is -2.03. The lowest BCUT2D eigenvalue weighted by Crippen LogP contribution is -1.97. The first-order valence-corrected chi connectivity index (χ1v) is 5.89. The highest BCUT2D eigenvalue weighted by Gasteiger charge is 2.15. The Morgan fingerprint density at radius 2 is 1.94 bits per heavy atom. The topological polar surface area (TPSA) is 38.9 Å². The average molecular weight is 247 g/mol. The molecule has 0 saturated carbocycles. The van der Waals surface area contributed by atoms with Crippen molar-refractivity contribution in [1.82, 2.24) is 9.97 Å². The maximum Gasteiger partial charge on any atom is 0.191 e. The van der Waals surface area contributed by atoms with Gasteiger partial charge in [-0.3, -0.25) is 0 Å². The highest BCUT2D eigenvalue weighted by Crippen LogP contribution is 2.31. The van der Waals surface area contributed by atoms with E-state index in [0.29, 0.717) is 10.7 Å². The number of fused-ring (bicyclic) bond motifs is 3. The summed E-state index contributed by atoms with van der Waals surface area (Å²) in [6, 6.07) is 7.77. The van der Waals surface area contributed by atoms with Gasteiger partial charge in [0.15, 0.2) is 10.7 Å². The van der Waals surface area contributed by atoms with E-state index < -0.39 is 0 Å². The Bertz CT molecular complexity index is 703. The van der Waals surface area contributed by atoms with Gasteiger partial charge in [0.25, 0.3) is 0 Å². The van der Waals surface area contributed by atoms with Crippen LogP contribution in [-0.4, -0.2) is 9.97 Å². The second-order valence-electron chi connectivity index (χ2n) is 4.30. The van der Waals surface area contributed by atoms with Gasteiger partial charge in [0.1, 0.15) is 16.9 Å². The van der Waals surface area contributed by atoms with E-state index in [4.69, 9.17) is 16.0 Å². The molecule has 86 valence electrons. The summed E-state index contributed by atoms with van der Waals surface area (Å²) < 4.78 is 5.66. The van der Waals surface area contributed by atoms with Crippen LogP contribution in [0.1, 0.15) is 25.6 Å². The molecule has 0 spiro atoms. The molecule has 4 heteroatoms. The standard InChI is InChI=1S/C13H11ClN2O/c1-7(2)13-15-10-8-5-3-4-6-9(8)17-11(10)12(14)16-13/h3-7H,1-2H3. The summed E-state index contributed by atoms with van der Waals surface area (Å²) in [4.78, 5) is 8.79. The van der Waals surface area contributed by atoms with Gasteiger partial charge in [-0.2, -0.15) is 0 Å². The molecule has 0 saturated heterocycles. The van der Waals surface area contributed by atoms with Crippen LogP contribution in [0.25, 0.3) is 22.1 Å². The van der Waals surface area contributed by atoms with Crippen LogP contribution in [0.4, 0.5) is 0 Å². The SMILES string of the molecule is CC(C)c1nc(Cl)c2oc3ccccc3c2n1. The van der Waals surface area contributed by atoms with E-state index in [-0.39, 0.29) is 5.92 Å². The molecule has 3 nitrogen and oxygen atoms in total. The summed E-state index contributed by atoms with van der Waals surface area (Å²) in [5, 5.41) is 1.36. The highest BCUT2D eigenvalue weighted by molar-refractivity contribution is 6.34. The Kier molecular flexibility index (Phi) is 2.30. The fourth-order valence-electron chi connectivity index (χ4n) is 1.83. The van der Waals surface area contributed by atoms with Gasteiger partial charge < -0.3 is 4.42 Å². The molecular formula is C13H11ClN2O. The number of hydrogen-bond donors (Lipinski definition) is 0. The Labute approximate surface area is 103 Å². The van der Waals surface area contributed by atoms with Crippen LogP contribution in [-0.2, 0) is 0 Å². The van der Waals surface area contributed by atoms with Crippen LogP contribution in [0.2, 0.25) is 5.15 Å². The van der Waals surface area contributed by atoms with Crippen molar-refractivity contribution < 1.29 is 4.42 Å². The molecule has 0 bridgehead atoms. The number of rotatable bonds is 1. The van der Waals surface area contributed by atoms with Gasteiger partial charge >= 0.3 is 0 Å². The predicted octanol–water partition coefficient (Wildman–Crippen LogP) is 4.15. The van der Waals surface area contributed by atoms with E-state index in [2.05, 4.69) is 9.97 Å². The lowest BCUT2D eigenvalue weighted by molar-refractivity contribution is 0.662. The van der Waals surface area contributed by atoms with E-state index in [0.717, 1.165) is 22.3 Å². The number of benzene rings is 1. The molecular weight excluding hydrogens is 236 g/mol. The van der Waals surface area contributed by atoms with Crippen molar-refractivity contribution in [3.05, 3.63) is 35.2 Å². The highest BCUT2D eigenvalue weighted by atomic mass is 35.5. The first kappa shape index (κ1) is 10.5. The van der Waals surface area contributed by atoms with Gasteiger partial charge in [0, 0.05) is 11.3 Å². The summed E-state index contributed by atoms with van der Waals surface area (Å²) in [7, 11) is 0. The minimum Gasteiger partial charge on any atom is -0.451 e. The minimum absolute atomic E-state index is 0.241. The van der Waals surface area contributed by atoms with Crippen molar-refractivity contribution in [3.8, 4) is 0 Å². The van der Waals surface area contributed by atoms with E-state index >= 15 is 0 Å². The van der Waals surface area contributed by atoms with Crippen LogP contribution < -0.4 is 0 Å². The fourth-order valence-corrected chi connectivity index (χ4v) is 2.05. The Hall–Kier alpha value is -1.61. The van der Waals surface area contributed by atoms with Gasteiger partial charge in [-0.15, -0.1) is 0 Å². The first-order valence-electron chi connectivity index (χ1n) is 5.51. The molecule has 0 fully saturated rings. The molecule has 2 aromatic heterocycles. The maximum atomic E-state index is 6.13. The van der Waals surface area contributed by atoms with Crippen LogP contribution in [0, 0.1) is 0 Å².